The third-order valence-corrected chi connectivity index (χ3v) is 5.81. The molecule has 1 saturated heterocycles. The van der Waals surface area contributed by atoms with Gasteiger partial charge in [-0.3, -0.25) is 4.79 Å². The second-order valence-electron chi connectivity index (χ2n) is 5.65. The predicted octanol–water partition coefficient (Wildman–Crippen LogP) is 1.33. The summed E-state index contributed by atoms with van der Waals surface area (Å²) >= 11 is 0. The molecular weight excluding hydrogens is 302 g/mol. The van der Waals surface area contributed by atoms with E-state index < -0.39 is 10.0 Å². The minimum Gasteiger partial charge on any atom is -0.326 e. The fraction of sp³-hybridized carbons (Fsp3) is 0.533. The zero-order valence-electron chi connectivity index (χ0n) is 13.2. The second kappa shape index (κ2) is 6.76. The minimum absolute atomic E-state index is 0.184. The maximum Gasteiger partial charge on any atom is 0.243 e. The lowest BCUT2D eigenvalue weighted by Crippen LogP contribution is -2.46. The summed E-state index contributed by atoms with van der Waals surface area (Å²) in [6.07, 6.45) is 1.82. The van der Waals surface area contributed by atoms with Crippen LogP contribution in [-0.4, -0.2) is 44.8 Å². The van der Waals surface area contributed by atoms with Crippen LogP contribution in [-0.2, 0) is 14.8 Å². The number of anilines is 1. The number of benzene rings is 1. The summed E-state index contributed by atoms with van der Waals surface area (Å²) < 4.78 is 27.1. The Morgan fingerprint density at radius 2 is 2.09 bits per heavy atom. The molecule has 1 aliphatic rings. The summed E-state index contributed by atoms with van der Waals surface area (Å²) in [5.74, 6) is -0.217. The van der Waals surface area contributed by atoms with Crippen molar-refractivity contribution >= 4 is 21.6 Å². The molecule has 1 atom stereocenters. The number of nitrogens with one attached hydrogen (secondary N) is 2. The molecule has 0 bridgehead atoms. The summed E-state index contributed by atoms with van der Waals surface area (Å²) in [5.41, 5.74) is 1.37. The van der Waals surface area contributed by atoms with Crippen molar-refractivity contribution in [2.24, 2.45) is 0 Å². The van der Waals surface area contributed by atoms with Gasteiger partial charge in [0.25, 0.3) is 0 Å². The lowest BCUT2D eigenvalue weighted by atomic mass is 10.1. The number of carbonyl (C=O) groups excluding carboxylic acids is 1. The zero-order chi connectivity index (χ0) is 16.3. The number of hydrogen-bond donors (Lipinski definition) is 2. The molecule has 0 aliphatic carbocycles. The third-order valence-electron chi connectivity index (χ3n) is 3.95. The van der Waals surface area contributed by atoms with E-state index in [4.69, 9.17) is 0 Å². The van der Waals surface area contributed by atoms with Gasteiger partial charge in [0.1, 0.15) is 0 Å². The topological polar surface area (TPSA) is 78.5 Å². The summed E-state index contributed by atoms with van der Waals surface area (Å²) in [7, 11) is -1.69. The number of amides is 1. The minimum atomic E-state index is -3.54. The molecule has 6 nitrogen and oxygen atoms in total. The van der Waals surface area contributed by atoms with Crippen LogP contribution >= 0.6 is 0 Å². The van der Waals surface area contributed by atoms with E-state index in [9.17, 15) is 13.2 Å². The number of aryl methyl sites for hydroxylation is 1. The van der Waals surface area contributed by atoms with Gasteiger partial charge in [-0.15, -0.1) is 0 Å². The number of likely N-dealkylation sites (N-methyl/N-ethyl adjacent to an activating group) is 1. The molecule has 0 aromatic heterocycles. The van der Waals surface area contributed by atoms with E-state index in [1.54, 1.807) is 12.1 Å². The average Bonchev–Trinajstić information content (AvgIpc) is 2.49. The normalized spacial score (nSPS) is 19.9. The van der Waals surface area contributed by atoms with Gasteiger partial charge in [0.2, 0.25) is 15.9 Å². The summed E-state index contributed by atoms with van der Waals surface area (Å²) in [4.78, 5) is 11.5. The van der Waals surface area contributed by atoms with E-state index in [0.717, 1.165) is 18.4 Å². The van der Waals surface area contributed by atoms with Crippen LogP contribution < -0.4 is 10.6 Å². The highest BCUT2D eigenvalue weighted by molar-refractivity contribution is 7.89. The van der Waals surface area contributed by atoms with Crippen molar-refractivity contribution in [1.82, 2.24) is 9.62 Å². The van der Waals surface area contributed by atoms with Crippen molar-refractivity contribution in [3.05, 3.63) is 23.8 Å². The Hall–Kier alpha value is -1.44. The number of rotatable bonds is 4. The molecule has 7 heteroatoms. The summed E-state index contributed by atoms with van der Waals surface area (Å²) in [6.45, 7) is 4.24. The van der Waals surface area contributed by atoms with Gasteiger partial charge in [-0.1, -0.05) is 6.07 Å². The van der Waals surface area contributed by atoms with Gasteiger partial charge >= 0.3 is 0 Å². The van der Waals surface area contributed by atoms with Gasteiger partial charge in [0.15, 0.2) is 0 Å². The molecule has 1 aliphatic heterocycles. The molecule has 1 heterocycles. The molecule has 2 N–H and O–H groups in total. The molecule has 0 spiro atoms. The number of piperidine rings is 1. The fourth-order valence-corrected chi connectivity index (χ4v) is 4.18. The maximum atomic E-state index is 12.8. The first kappa shape index (κ1) is 16.9. The zero-order valence-corrected chi connectivity index (χ0v) is 14.0. The largest absolute Gasteiger partial charge is 0.326 e. The molecule has 1 aromatic rings. The molecule has 0 saturated carbocycles. The van der Waals surface area contributed by atoms with Crippen molar-refractivity contribution < 1.29 is 13.2 Å². The molecule has 1 aromatic carbocycles. The van der Waals surface area contributed by atoms with Gasteiger partial charge in [-0.2, -0.15) is 4.31 Å². The molecule has 1 fully saturated rings. The standard InChI is InChI=1S/C15H23N3O3S/c1-11-6-7-14(9-15(11)17-12(2)19)22(20,21)18-8-4-5-13(10-18)16-3/h6-7,9,13,16H,4-5,8,10H2,1-3H3,(H,17,19). The van der Waals surface area contributed by atoms with Gasteiger partial charge in [-0.25, -0.2) is 8.42 Å². The third kappa shape index (κ3) is 3.66. The van der Waals surface area contributed by atoms with E-state index >= 15 is 0 Å². The highest BCUT2D eigenvalue weighted by Crippen LogP contribution is 2.25. The first-order chi connectivity index (χ1) is 10.3. The van der Waals surface area contributed by atoms with Crippen molar-refractivity contribution in [1.29, 1.82) is 0 Å². The maximum absolute atomic E-state index is 12.8. The molecule has 0 radical (unpaired) electrons. The van der Waals surface area contributed by atoms with Crippen LogP contribution in [0.5, 0.6) is 0 Å². The van der Waals surface area contributed by atoms with E-state index in [1.165, 1.54) is 17.3 Å². The Kier molecular flexibility index (Phi) is 5.20. The van der Waals surface area contributed by atoms with Crippen LogP contribution in [0.25, 0.3) is 0 Å². The molecule has 1 unspecified atom stereocenters. The highest BCUT2D eigenvalue weighted by atomic mass is 32.2. The smallest absolute Gasteiger partial charge is 0.243 e. The Bertz CT molecular complexity index is 658. The van der Waals surface area contributed by atoms with Crippen LogP contribution in [0.2, 0.25) is 0 Å². The Labute approximate surface area is 131 Å². The second-order valence-corrected chi connectivity index (χ2v) is 7.59. The number of carbonyl (C=O) groups is 1. The fourth-order valence-electron chi connectivity index (χ4n) is 2.63. The van der Waals surface area contributed by atoms with E-state index in [-0.39, 0.29) is 16.8 Å². The number of sulfonamides is 1. The quantitative estimate of drug-likeness (QED) is 0.875. The lowest BCUT2D eigenvalue weighted by Gasteiger charge is -2.31. The Balaban J connectivity index is 2.31. The summed E-state index contributed by atoms with van der Waals surface area (Å²) in [6, 6.07) is 5.04. The average molecular weight is 325 g/mol. The van der Waals surface area contributed by atoms with Gasteiger partial charge in [0, 0.05) is 31.7 Å². The summed E-state index contributed by atoms with van der Waals surface area (Å²) in [5, 5.41) is 5.82. The molecule has 122 valence electrons. The first-order valence-electron chi connectivity index (χ1n) is 7.40. The SMILES string of the molecule is CNC1CCCN(S(=O)(=O)c2ccc(C)c(NC(C)=O)c2)C1. The van der Waals surface area contributed by atoms with Gasteiger partial charge in [0.05, 0.1) is 4.90 Å². The molecule has 22 heavy (non-hydrogen) atoms. The van der Waals surface area contributed by atoms with Crippen molar-refractivity contribution in [2.75, 3.05) is 25.5 Å². The van der Waals surface area contributed by atoms with Gasteiger partial charge in [-0.05, 0) is 44.5 Å². The Morgan fingerprint density at radius 1 is 1.36 bits per heavy atom. The van der Waals surface area contributed by atoms with E-state index in [0.29, 0.717) is 18.8 Å². The monoisotopic (exact) mass is 325 g/mol. The van der Waals surface area contributed by atoms with Crippen molar-refractivity contribution in [3.63, 3.8) is 0 Å². The molecule has 1 amide bonds. The van der Waals surface area contributed by atoms with Crippen LogP contribution in [0.15, 0.2) is 23.1 Å². The van der Waals surface area contributed by atoms with Crippen LogP contribution in [0.1, 0.15) is 25.3 Å². The van der Waals surface area contributed by atoms with Crippen LogP contribution in [0.3, 0.4) is 0 Å². The van der Waals surface area contributed by atoms with E-state index in [1.807, 2.05) is 14.0 Å². The lowest BCUT2D eigenvalue weighted by molar-refractivity contribution is -0.114. The van der Waals surface area contributed by atoms with Crippen LogP contribution in [0.4, 0.5) is 5.69 Å². The van der Waals surface area contributed by atoms with Crippen molar-refractivity contribution in [3.8, 4) is 0 Å². The van der Waals surface area contributed by atoms with Gasteiger partial charge < -0.3 is 10.6 Å². The first-order valence-corrected chi connectivity index (χ1v) is 8.84. The predicted molar refractivity (Wildman–Crippen MR) is 86.3 cm³/mol. The molecular formula is C15H23N3O3S. The highest BCUT2D eigenvalue weighted by Gasteiger charge is 2.30. The van der Waals surface area contributed by atoms with E-state index in [2.05, 4.69) is 10.6 Å². The Morgan fingerprint density at radius 3 is 2.73 bits per heavy atom. The van der Waals surface area contributed by atoms with Crippen molar-refractivity contribution in [2.45, 2.75) is 37.6 Å². The number of nitrogens with zero attached hydrogens (tertiary/aromatic N) is 1. The molecule has 2 rings (SSSR count). The number of hydrogen-bond acceptors (Lipinski definition) is 4. The van der Waals surface area contributed by atoms with Crippen LogP contribution in [0, 0.1) is 6.92 Å².